The maximum absolute atomic E-state index is 5.94. The molecule has 0 heterocycles. The summed E-state index contributed by atoms with van der Waals surface area (Å²) in [5.74, 6) is 0. The maximum atomic E-state index is 5.94. The second-order valence-corrected chi connectivity index (χ2v) is 4.44. The first-order chi connectivity index (χ1) is 8.36. The fourth-order valence-electron chi connectivity index (χ4n) is 1.87. The molecular formula is C16H24O. The molecule has 1 nitrogen and oxygen atoms in total. The Labute approximate surface area is 106 Å². The average Bonchev–Trinajstić information content (AvgIpc) is 2.37. The molecular weight excluding hydrogens is 208 g/mol. The van der Waals surface area contributed by atoms with Gasteiger partial charge in [0.2, 0.25) is 0 Å². The van der Waals surface area contributed by atoms with E-state index in [1.807, 2.05) is 12.1 Å². The molecule has 1 aromatic rings. The van der Waals surface area contributed by atoms with E-state index in [1.54, 1.807) is 0 Å². The van der Waals surface area contributed by atoms with Crippen molar-refractivity contribution in [3.63, 3.8) is 0 Å². The molecule has 0 radical (unpaired) electrons. The molecule has 0 saturated heterocycles. The highest BCUT2D eigenvalue weighted by Gasteiger charge is 2.06. The Morgan fingerprint density at radius 2 is 2.00 bits per heavy atom. The predicted molar refractivity (Wildman–Crippen MR) is 74.0 cm³/mol. The van der Waals surface area contributed by atoms with Crippen molar-refractivity contribution in [1.29, 1.82) is 0 Å². The summed E-state index contributed by atoms with van der Waals surface area (Å²) in [7, 11) is 0. The van der Waals surface area contributed by atoms with E-state index >= 15 is 0 Å². The van der Waals surface area contributed by atoms with E-state index in [4.69, 9.17) is 4.74 Å². The number of benzene rings is 1. The van der Waals surface area contributed by atoms with Gasteiger partial charge in [0.1, 0.15) is 0 Å². The van der Waals surface area contributed by atoms with Crippen molar-refractivity contribution < 1.29 is 4.74 Å². The molecule has 0 aliphatic heterocycles. The van der Waals surface area contributed by atoms with Crippen molar-refractivity contribution in [3.05, 3.63) is 48.6 Å². The summed E-state index contributed by atoms with van der Waals surface area (Å²) in [6.07, 6.45) is 8.20. The van der Waals surface area contributed by atoms with Crippen molar-refractivity contribution in [3.8, 4) is 0 Å². The number of unbranched alkanes of at least 4 members (excludes halogenated alkanes) is 2. The zero-order valence-electron chi connectivity index (χ0n) is 10.9. The maximum Gasteiger partial charge on any atom is 0.0720 e. The summed E-state index contributed by atoms with van der Waals surface area (Å²) in [5, 5.41) is 0. The van der Waals surface area contributed by atoms with Crippen molar-refractivity contribution in [1.82, 2.24) is 0 Å². The van der Waals surface area contributed by atoms with Crippen LogP contribution in [0.2, 0.25) is 0 Å². The van der Waals surface area contributed by atoms with Crippen molar-refractivity contribution in [2.45, 2.75) is 51.7 Å². The van der Waals surface area contributed by atoms with E-state index in [1.165, 1.54) is 24.8 Å². The molecule has 1 atom stereocenters. The summed E-state index contributed by atoms with van der Waals surface area (Å²) in [6, 6.07) is 10.4. The molecule has 1 unspecified atom stereocenters. The van der Waals surface area contributed by atoms with Gasteiger partial charge in [-0.15, -0.1) is 6.58 Å². The Hall–Kier alpha value is -1.08. The molecule has 17 heavy (non-hydrogen) atoms. The first-order valence-electron chi connectivity index (χ1n) is 6.63. The summed E-state index contributed by atoms with van der Waals surface area (Å²) in [4.78, 5) is 0. The molecule has 0 N–H and O–H groups in total. The molecule has 0 aliphatic carbocycles. The topological polar surface area (TPSA) is 9.23 Å². The zero-order valence-corrected chi connectivity index (χ0v) is 10.9. The van der Waals surface area contributed by atoms with Crippen LogP contribution in [0.25, 0.3) is 0 Å². The second-order valence-electron chi connectivity index (χ2n) is 4.44. The number of rotatable bonds is 9. The Bertz CT molecular complexity index is 292. The lowest BCUT2D eigenvalue weighted by atomic mass is 10.1. The van der Waals surface area contributed by atoms with Crippen LogP contribution >= 0.6 is 0 Å². The lowest BCUT2D eigenvalue weighted by molar-refractivity contribution is 0.0354. The highest BCUT2D eigenvalue weighted by Crippen LogP contribution is 2.13. The SMILES string of the molecule is C=CCC(CCCCC)OCc1ccccc1. The Morgan fingerprint density at radius 3 is 2.65 bits per heavy atom. The van der Waals surface area contributed by atoms with E-state index in [2.05, 4.69) is 37.8 Å². The van der Waals surface area contributed by atoms with Gasteiger partial charge in [0.25, 0.3) is 0 Å². The van der Waals surface area contributed by atoms with Crippen LogP contribution in [0.1, 0.15) is 44.6 Å². The van der Waals surface area contributed by atoms with Crippen molar-refractivity contribution in [2.24, 2.45) is 0 Å². The Balaban J connectivity index is 2.30. The summed E-state index contributed by atoms with van der Waals surface area (Å²) in [5.41, 5.74) is 1.25. The predicted octanol–water partition coefficient (Wildman–Crippen LogP) is 4.73. The van der Waals surface area contributed by atoms with Gasteiger partial charge >= 0.3 is 0 Å². The first-order valence-corrected chi connectivity index (χ1v) is 6.63. The van der Waals surface area contributed by atoms with E-state index < -0.39 is 0 Å². The molecule has 0 amide bonds. The first kappa shape index (κ1) is 14.0. The van der Waals surface area contributed by atoms with Crippen LogP contribution in [-0.4, -0.2) is 6.10 Å². The minimum atomic E-state index is 0.333. The van der Waals surface area contributed by atoms with Crippen molar-refractivity contribution >= 4 is 0 Å². The van der Waals surface area contributed by atoms with Gasteiger partial charge in [0.05, 0.1) is 12.7 Å². The van der Waals surface area contributed by atoms with Crippen LogP contribution in [0.15, 0.2) is 43.0 Å². The van der Waals surface area contributed by atoms with Gasteiger partial charge < -0.3 is 4.74 Å². The molecule has 0 aliphatic rings. The largest absolute Gasteiger partial charge is 0.373 e. The van der Waals surface area contributed by atoms with E-state index in [-0.39, 0.29) is 0 Å². The molecule has 0 fully saturated rings. The number of hydrogen-bond donors (Lipinski definition) is 0. The molecule has 1 heteroatoms. The van der Waals surface area contributed by atoms with Crippen LogP contribution in [-0.2, 0) is 11.3 Å². The van der Waals surface area contributed by atoms with Crippen LogP contribution in [0.3, 0.4) is 0 Å². The second kappa shape index (κ2) is 9.00. The van der Waals surface area contributed by atoms with E-state index in [0.717, 1.165) is 12.8 Å². The summed E-state index contributed by atoms with van der Waals surface area (Å²) >= 11 is 0. The Kier molecular flexibility index (Phi) is 7.40. The normalized spacial score (nSPS) is 12.3. The quantitative estimate of drug-likeness (QED) is 0.442. The fourth-order valence-corrected chi connectivity index (χ4v) is 1.87. The molecule has 1 aromatic carbocycles. The van der Waals surface area contributed by atoms with E-state index in [9.17, 15) is 0 Å². The smallest absolute Gasteiger partial charge is 0.0720 e. The third-order valence-electron chi connectivity index (χ3n) is 2.89. The monoisotopic (exact) mass is 232 g/mol. The molecule has 0 spiro atoms. The van der Waals surface area contributed by atoms with Crippen LogP contribution in [0, 0.1) is 0 Å². The van der Waals surface area contributed by atoms with Crippen LogP contribution in [0.4, 0.5) is 0 Å². The van der Waals surface area contributed by atoms with Gasteiger partial charge in [-0.1, -0.05) is 62.6 Å². The molecule has 0 saturated carbocycles. The highest BCUT2D eigenvalue weighted by atomic mass is 16.5. The minimum Gasteiger partial charge on any atom is -0.373 e. The van der Waals surface area contributed by atoms with Crippen molar-refractivity contribution in [2.75, 3.05) is 0 Å². The van der Waals surface area contributed by atoms with Gasteiger partial charge in [-0.05, 0) is 18.4 Å². The third kappa shape index (κ3) is 6.28. The molecule has 0 aromatic heterocycles. The van der Waals surface area contributed by atoms with Gasteiger partial charge in [-0.25, -0.2) is 0 Å². The van der Waals surface area contributed by atoms with Crippen LogP contribution < -0.4 is 0 Å². The molecule has 94 valence electrons. The van der Waals surface area contributed by atoms with Crippen LogP contribution in [0.5, 0.6) is 0 Å². The van der Waals surface area contributed by atoms with Gasteiger partial charge in [0.15, 0.2) is 0 Å². The molecule has 1 rings (SSSR count). The molecule has 0 bridgehead atoms. The lowest BCUT2D eigenvalue weighted by Crippen LogP contribution is -2.11. The average molecular weight is 232 g/mol. The van der Waals surface area contributed by atoms with Gasteiger partial charge in [-0.2, -0.15) is 0 Å². The lowest BCUT2D eigenvalue weighted by Gasteiger charge is -2.16. The zero-order chi connectivity index (χ0) is 12.3. The standard InChI is InChI=1S/C16H24O/c1-3-5-7-13-16(10-4-2)17-14-15-11-8-6-9-12-15/h4,6,8-9,11-12,16H,2-3,5,7,10,13-14H2,1H3. The fraction of sp³-hybridized carbons (Fsp3) is 0.500. The highest BCUT2D eigenvalue weighted by molar-refractivity contribution is 5.13. The minimum absolute atomic E-state index is 0.333. The number of ether oxygens (including phenoxy) is 1. The summed E-state index contributed by atoms with van der Waals surface area (Å²) < 4.78 is 5.94. The van der Waals surface area contributed by atoms with Gasteiger partial charge in [0, 0.05) is 0 Å². The van der Waals surface area contributed by atoms with E-state index in [0.29, 0.717) is 12.7 Å². The third-order valence-corrected chi connectivity index (χ3v) is 2.89. The number of hydrogen-bond acceptors (Lipinski definition) is 1. The van der Waals surface area contributed by atoms with Gasteiger partial charge in [-0.3, -0.25) is 0 Å². The Morgan fingerprint density at radius 1 is 1.24 bits per heavy atom. The summed E-state index contributed by atoms with van der Waals surface area (Å²) in [6.45, 7) is 6.75.